The summed E-state index contributed by atoms with van der Waals surface area (Å²) in [6.07, 6.45) is 5.99. The van der Waals surface area contributed by atoms with E-state index in [9.17, 15) is 4.79 Å². The van der Waals surface area contributed by atoms with Crippen molar-refractivity contribution >= 4 is 18.1 Å². The van der Waals surface area contributed by atoms with Crippen LogP contribution >= 0.6 is 12.2 Å². The number of carbonyl (C=O) groups excluding carboxylic acids is 1. The fourth-order valence-electron chi connectivity index (χ4n) is 3.89. The highest BCUT2D eigenvalue weighted by molar-refractivity contribution is 7.71. The molecule has 3 atom stereocenters. The zero-order chi connectivity index (χ0) is 14.6. The third-order valence-corrected chi connectivity index (χ3v) is 5.76. The molecule has 2 saturated carbocycles. The average Bonchev–Trinajstić information content (AvgIpc) is 3.37. The van der Waals surface area contributed by atoms with Crippen molar-refractivity contribution in [1.82, 2.24) is 19.7 Å². The van der Waals surface area contributed by atoms with Crippen LogP contribution in [0.4, 0.5) is 0 Å². The summed E-state index contributed by atoms with van der Waals surface area (Å²) in [5.74, 6) is 3.61. The molecule has 1 amide bonds. The zero-order valence-electron chi connectivity index (χ0n) is 12.4. The molecule has 114 valence electrons. The van der Waals surface area contributed by atoms with Crippen LogP contribution in [0.1, 0.15) is 43.8 Å². The second-order valence-electron chi connectivity index (χ2n) is 6.91. The SMILES string of the molecule is Cn1c(C2CCCN(C(=O)C3CC3C3CC3)C2)n[nH]c1=S. The van der Waals surface area contributed by atoms with Crippen LogP contribution < -0.4 is 0 Å². The number of aromatic nitrogens is 3. The molecule has 4 rings (SSSR count). The Morgan fingerprint density at radius 2 is 2.19 bits per heavy atom. The molecule has 0 aromatic carbocycles. The molecular formula is C15H22N4OS. The maximum atomic E-state index is 12.6. The van der Waals surface area contributed by atoms with E-state index in [1.165, 1.54) is 12.8 Å². The van der Waals surface area contributed by atoms with Crippen molar-refractivity contribution < 1.29 is 4.79 Å². The Hall–Kier alpha value is -1.17. The van der Waals surface area contributed by atoms with E-state index in [2.05, 4.69) is 15.1 Å². The topological polar surface area (TPSA) is 53.9 Å². The Morgan fingerprint density at radius 3 is 2.86 bits per heavy atom. The molecule has 3 unspecified atom stereocenters. The minimum Gasteiger partial charge on any atom is -0.342 e. The molecule has 1 aliphatic heterocycles. The van der Waals surface area contributed by atoms with E-state index in [1.807, 2.05) is 11.6 Å². The molecule has 6 heteroatoms. The first-order valence-electron chi connectivity index (χ1n) is 8.05. The molecule has 0 radical (unpaired) electrons. The lowest BCUT2D eigenvalue weighted by molar-refractivity contribution is -0.134. The van der Waals surface area contributed by atoms with Gasteiger partial charge in [0, 0.05) is 32.0 Å². The lowest BCUT2D eigenvalue weighted by Gasteiger charge is -2.32. The highest BCUT2D eigenvalue weighted by Crippen LogP contribution is 2.55. The van der Waals surface area contributed by atoms with Gasteiger partial charge in [-0.1, -0.05) is 0 Å². The molecule has 1 aromatic rings. The highest BCUT2D eigenvalue weighted by atomic mass is 32.1. The Bertz CT molecular complexity index is 617. The predicted octanol–water partition coefficient (Wildman–Crippen LogP) is 2.23. The molecule has 3 aliphatic rings. The van der Waals surface area contributed by atoms with Gasteiger partial charge in [-0.15, -0.1) is 0 Å². The van der Waals surface area contributed by atoms with Gasteiger partial charge < -0.3 is 9.47 Å². The number of H-pyrrole nitrogens is 1. The van der Waals surface area contributed by atoms with E-state index in [0.717, 1.165) is 44.1 Å². The minimum absolute atomic E-state index is 0.318. The quantitative estimate of drug-likeness (QED) is 0.871. The molecule has 5 nitrogen and oxygen atoms in total. The van der Waals surface area contributed by atoms with Gasteiger partial charge in [0.1, 0.15) is 5.82 Å². The summed E-state index contributed by atoms with van der Waals surface area (Å²) in [6, 6.07) is 0. The first-order chi connectivity index (χ1) is 10.1. The third-order valence-electron chi connectivity index (χ3n) is 5.40. The summed E-state index contributed by atoms with van der Waals surface area (Å²) < 4.78 is 2.60. The van der Waals surface area contributed by atoms with Crippen LogP contribution in [0.15, 0.2) is 0 Å². The molecule has 0 spiro atoms. The van der Waals surface area contributed by atoms with E-state index in [1.54, 1.807) is 0 Å². The Balaban J connectivity index is 1.44. The smallest absolute Gasteiger partial charge is 0.226 e. The first-order valence-corrected chi connectivity index (χ1v) is 8.46. The number of rotatable bonds is 3. The van der Waals surface area contributed by atoms with Crippen molar-refractivity contribution in [3.8, 4) is 0 Å². The Kier molecular flexibility index (Phi) is 3.17. The molecule has 21 heavy (non-hydrogen) atoms. The van der Waals surface area contributed by atoms with Crippen LogP contribution in [-0.4, -0.2) is 38.7 Å². The Morgan fingerprint density at radius 1 is 1.38 bits per heavy atom. The van der Waals surface area contributed by atoms with Crippen molar-refractivity contribution in [2.24, 2.45) is 24.8 Å². The monoisotopic (exact) mass is 306 g/mol. The number of hydrogen-bond acceptors (Lipinski definition) is 3. The number of hydrogen-bond donors (Lipinski definition) is 1. The number of nitrogens with one attached hydrogen (secondary N) is 1. The standard InChI is InChI=1S/C15H22N4OS/c1-18-13(16-17-15(18)21)10-3-2-6-19(8-10)14(20)12-7-11(12)9-4-5-9/h9-12H,2-8H2,1H3,(H,17,21). The fraction of sp³-hybridized carbons (Fsp3) is 0.800. The van der Waals surface area contributed by atoms with Crippen LogP contribution in [0.25, 0.3) is 0 Å². The second-order valence-corrected chi connectivity index (χ2v) is 7.30. The predicted molar refractivity (Wildman–Crippen MR) is 81.3 cm³/mol. The number of nitrogens with zero attached hydrogens (tertiary/aromatic N) is 3. The van der Waals surface area contributed by atoms with Crippen LogP contribution in [0, 0.1) is 22.5 Å². The van der Waals surface area contributed by atoms with Crippen molar-refractivity contribution in [3.63, 3.8) is 0 Å². The van der Waals surface area contributed by atoms with Gasteiger partial charge in [0.25, 0.3) is 0 Å². The van der Waals surface area contributed by atoms with Gasteiger partial charge in [0.2, 0.25) is 5.91 Å². The summed E-state index contributed by atoms with van der Waals surface area (Å²) in [4.78, 5) is 14.7. The van der Waals surface area contributed by atoms with Crippen molar-refractivity contribution in [2.45, 2.75) is 38.0 Å². The van der Waals surface area contributed by atoms with Gasteiger partial charge in [0.15, 0.2) is 4.77 Å². The normalized spacial score (nSPS) is 32.2. The van der Waals surface area contributed by atoms with Crippen molar-refractivity contribution in [1.29, 1.82) is 0 Å². The van der Waals surface area contributed by atoms with Crippen molar-refractivity contribution in [2.75, 3.05) is 13.1 Å². The highest BCUT2D eigenvalue weighted by Gasteiger charge is 2.52. The van der Waals surface area contributed by atoms with Gasteiger partial charge >= 0.3 is 0 Å². The van der Waals surface area contributed by atoms with Gasteiger partial charge in [-0.25, -0.2) is 0 Å². The van der Waals surface area contributed by atoms with Gasteiger partial charge in [-0.3, -0.25) is 9.89 Å². The van der Waals surface area contributed by atoms with E-state index in [4.69, 9.17) is 12.2 Å². The second kappa shape index (κ2) is 4.93. The fourth-order valence-corrected chi connectivity index (χ4v) is 4.03. The van der Waals surface area contributed by atoms with E-state index < -0.39 is 0 Å². The molecular weight excluding hydrogens is 284 g/mol. The van der Waals surface area contributed by atoms with Crippen LogP contribution in [-0.2, 0) is 11.8 Å². The molecule has 0 bridgehead atoms. The lowest BCUT2D eigenvalue weighted by atomic mass is 9.96. The first kappa shape index (κ1) is 13.5. The van der Waals surface area contributed by atoms with Gasteiger partial charge in [-0.05, 0) is 56.2 Å². The molecule has 1 aromatic heterocycles. The number of carbonyl (C=O) groups is 1. The zero-order valence-corrected chi connectivity index (χ0v) is 13.2. The summed E-state index contributed by atoms with van der Waals surface area (Å²) in [6.45, 7) is 1.72. The third kappa shape index (κ3) is 2.43. The minimum atomic E-state index is 0.318. The van der Waals surface area contributed by atoms with Crippen LogP contribution in [0.2, 0.25) is 0 Å². The molecule has 2 heterocycles. The number of piperidine rings is 1. The van der Waals surface area contributed by atoms with Gasteiger partial charge in [0.05, 0.1) is 0 Å². The number of amides is 1. The summed E-state index contributed by atoms with van der Waals surface area (Å²) >= 11 is 5.19. The van der Waals surface area contributed by atoms with Crippen LogP contribution in [0.3, 0.4) is 0 Å². The van der Waals surface area contributed by atoms with Crippen molar-refractivity contribution in [3.05, 3.63) is 10.6 Å². The lowest BCUT2D eigenvalue weighted by Crippen LogP contribution is -2.40. The number of likely N-dealkylation sites (tertiary alicyclic amines) is 1. The maximum Gasteiger partial charge on any atom is 0.226 e. The van der Waals surface area contributed by atoms with E-state index in [-0.39, 0.29) is 0 Å². The molecule has 3 fully saturated rings. The largest absolute Gasteiger partial charge is 0.342 e. The van der Waals surface area contributed by atoms with Gasteiger partial charge in [-0.2, -0.15) is 5.10 Å². The molecule has 2 aliphatic carbocycles. The summed E-state index contributed by atoms with van der Waals surface area (Å²) in [5, 5.41) is 7.21. The number of aromatic amines is 1. The molecule has 1 saturated heterocycles. The summed E-state index contributed by atoms with van der Waals surface area (Å²) in [7, 11) is 1.95. The molecule has 1 N–H and O–H groups in total. The van der Waals surface area contributed by atoms with E-state index in [0.29, 0.717) is 28.4 Å². The average molecular weight is 306 g/mol. The van der Waals surface area contributed by atoms with E-state index >= 15 is 0 Å². The maximum absolute atomic E-state index is 12.6. The Labute approximate surface area is 129 Å². The summed E-state index contributed by atoms with van der Waals surface area (Å²) in [5.41, 5.74) is 0. The van der Waals surface area contributed by atoms with Crippen LogP contribution in [0.5, 0.6) is 0 Å².